The van der Waals surface area contributed by atoms with Gasteiger partial charge in [0.15, 0.2) is 5.82 Å². The number of aromatic nitrogens is 2. The Bertz CT molecular complexity index is 299. The quantitative estimate of drug-likeness (QED) is 0.688. The number of nitrogens with zero attached hydrogens (tertiary/aromatic N) is 2. The Balaban J connectivity index is 3.28. The third kappa shape index (κ3) is 1.34. The molecular formula is C8H13FN2O. The van der Waals surface area contributed by atoms with Gasteiger partial charge in [-0.15, -0.1) is 0 Å². The van der Waals surface area contributed by atoms with Crippen molar-refractivity contribution in [1.29, 1.82) is 0 Å². The Labute approximate surface area is 70.8 Å². The second-order valence-electron chi connectivity index (χ2n) is 3.43. The fourth-order valence-electron chi connectivity index (χ4n) is 0.973. The molecule has 1 aromatic heterocycles. The molecular weight excluding hydrogens is 159 g/mol. The highest BCUT2D eigenvalue weighted by Gasteiger charge is 2.26. The van der Waals surface area contributed by atoms with Gasteiger partial charge in [-0.1, -0.05) is 0 Å². The molecule has 0 atom stereocenters. The first-order valence-corrected chi connectivity index (χ1v) is 3.76. The summed E-state index contributed by atoms with van der Waals surface area (Å²) in [6.07, 6.45) is 0. The first-order chi connectivity index (χ1) is 5.34. The number of halogens is 1. The van der Waals surface area contributed by atoms with Crippen molar-refractivity contribution >= 4 is 0 Å². The van der Waals surface area contributed by atoms with Crippen molar-refractivity contribution < 1.29 is 9.50 Å². The molecule has 0 aliphatic carbocycles. The SMILES string of the molecule is Cc1c(F)c(C(C)(C)O)nn1C. The molecule has 3 nitrogen and oxygen atoms in total. The fraction of sp³-hybridized carbons (Fsp3) is 0.625. The van der Waals surface area contributed by atoms with Crippen LogP contribution in [0.3, 0.4) is 0 Å². The van der Waals surface area contributed by atoms with Crippen LogP contribution in [-0.2, 0) is 12.6 Å². The van der Waals surface area contributed by atoms with Crippen molar-refractivity contribution in [3.05, 3.63) is 17.2 Å². The molecule has 0 aromatic carbocycles. The van der Waals surface area contributed by atoms with E-state index in [4.69, 9.17) is 0 Å². The summed E-state index contributed by atoms with van der Waals surface area (Å²) in [7, 11) is 1.65. The van der Waals surface area contributed by atoms with Crippen molar-refractivity contribution in [2.75, 3.05) is 0 Å². The van der Waals surface area contributed by atoms with Gasteiger partial charge in [-0.3, -0.25) is 4.68 Å². The van der Waals surface area contributed by atoms with Crippen LogP contribution < -0.4 is 0 Å². The smallest absolute Gasteiger partial charge is 0.170 e. The third-order valence-corrected chi connectivity index (χ3v) is 1.84. The van der Waals surface area contributed by atoms with E-state index in [0.29, 0.717) is 5.69 Å². The lowest BCUT2D eigenvalue weighted by Gasteiger charge is -2.13. The average Bonchev–Trinajstić information content (AvgIpc) is 2.15. The van der Waals surface area contributed by atoms with Crippen LogP contribution in [0, 0.1) is 12.7 Å². The number of hydrogen-bond donors (Lipinski definition) is 1. The lowest BCUT2D eigenvalue weighted by molar-refractivity contribution is 0.0693. The Hall–Kier alpha value is -0.900. The van der Waals surface area contributed by atoms with Gasteiger partial charge in [-0.2, -0.15) is 5.10 Å². The second-order valence-corrected chi connectivity index (χ2v) is 3.43. The normalized spacial score (nSPS) is 12.2. The van der Waals surface area contributed by atoms with Crippen LogP contribution in [0.25, 0.3) is 0 Å². The van der Waals surface area contributed by atoms with Crippen LogP contribution in [0.4, 0.5) is 4.39 Å². The molecule has 1 N–H and O–H groups in total. The number of rotatable bonds is 1. The van der Waals surface area contributed by atoms with Gasteiger partial charge in [-0.25, -0.2) is 4.39 Å². The maximum atomic E-state index is 13.3. The first kappa shape index (κ1) is 9.19. The molecule has 0 unspecified atom stereocenters. The Morgan fingerprint density at radius 1 is 1.50 bits per heavy atom. The second kappa shape index (κ2) is 2.55. The molecule has 0 spiro atoms. The molecule has 1 aromatic rings. The van der Waals surface area contributed by atoms with Crippen LogP contribution in [0.1, 0.15) is 25.2 Å². The number of aliphatic hydroxyl groups is 1. The van der Waals surface area contributed by atoms with E-state index in [1.165, 1.54) is 18.5 Å². The zero-order chi connectivity index (χ0) is 9.52. The monoisotopic (exact) mass is 172 g/mol. The summed E-state index contributed by atoms with van der Waals surface area (Å²) in [6, 6.07) is 0. The third-order valence-electron chi connectivity index (χ3n) is 1.84. The Kier molecular flexibility index (Phi) is 1.96. The molecule has 0 amide bonds. The summed E-state index contributed by atoms with van der Waals surface area (Å²) in [6.45, 7) is 4.65. The first-order valence-electron chi connectivity index (χ1n) is 3.76. The molecule has 0 saturated carbocycles. The molecule has 1 rings (SSSR count). The minimum Gasteiger partial charge on any atom is -0.384 e. The number of hydrogen-bond acceptors (Lipinski definition) is 2. The molecule has 4 heteroatoms. The standard InChI is InChI=1S/C8H13FN2O/c1-5-6(9)7(8(2,3)12)10-11(5)4/h12H,1-4H3. The van der Waals surface area contributed by atoms with Gasteiger partial charge in [0.1, 0.15) is 11.3 Å². The molecule has 0 fully saturated rings. The van der Waals surface area contributed by atoms with E-state index in [9.17, 15) is 9.50 Å². The van der Waals surface area contributed by atoms with Crippen LogP contribution in [0.2, 0.25) is 0 Å². The zero-order valence-electron chi connectivity index (χ0n) is 7.72. The summed E-state index contributed by atoms with van der Waals surface area (Å²) < 4.78 is 14.7. The highest BCUT2D eigenvalue weighted by molar-refractivity contribution is 5.17. The Morgan fingerprint density at radius 2 is 2.00 bits per heavy atom. The van der Waals surface area contributed by atoms with Crippen LogP contribution >= 0.6 is 0 Å². The van der Waals surface area contributed by atoms with Gasteiger partial charge in [-0.05, 0) is 20.8 Å². The molecule has 0 aliphatic heterocycles. The fourth-order valence-corrected chi connectivity index (χ4v) is 0.973. The van der Waals surface area contributed by atoms with Gasteiger partial charge < -0.3 is 5.11 Å². The van der Waals surface area contributed by atoms with Gasteiger partial charge >= 0.3 is 0 Å². The van der Waals surface area contributed by atoms with E-state index in [-0.39, 0.29) is 5.69 Å². The molecule has 12 heavy (non-hydrogen) atoms. The Morgan fingerprint density at radius 3 is 2.17 bits per heavy atom. The van der Waals surface area contributed by atoms with Crippen molar-refractivity contribution in [3.63, 3.8) is 0 Å². The van der Waals surface area contributed by atoms with Gasteiger partial charge in [0, 0.05) is 7.05 Å². The topological polar surface area (TPSA) is 38.1 Å². The molecule has 0 radical (unpaired) electrons. The van der Waals surface area contributed by atoms with E-state index in [1.54, 1.807) is 14.0 Å². The highest BCUT2D eigenvalue weighted by atomic mass is 19.1. The van der Waals surface area contributed by atoms with Crippen LogP contribution in [0.5, 0.6) is 0 Å². The lowest BCUT2D eigenvalue weighted by Crippen LogP contribution is -2.18. The predicted octanol–water partition coefficient (Wildman–Crippen LogP) is 1.10. The van der Waals surface area contributed by atoms with E-state index < -0.39 is 11.4 Å². The van der Waals surface area contributed by atoms with Crippen molar-refractivity contribution in [3.8, 4) is 0 Å². The van der Waals surface area contributed by atoms with Crippen LogP contribution in [0.15, 0.2) is 0 Å². The average molecular weight is 172 g/mol. The molecule has 0 saturated heterocycles. The summed E-state index contributed by atoms with van der Waals surface area (Å²) in [5.41, 5.74) is -0.676. The minimum absolute atomic E-state index is 0.0995. The van der Waals surface area contributed by atoms with Gasteiger partial charge in [0.2, 0.25) is 0 Å². The van der Waals surface area contributed by atoms with E-state index in [1.807, 2.05) is 0 Å². The largest absolute Gasteiger partial charge is 0.384 e. The summed E-state index contributed by atoms with van der Waals surface area (Å²) in [5, 5.41) is 13.4. The van der Waals surface area contributed by atoms with Crippen molar-refractivity contribution in [1.82, 2.24) is 9.78 Å². The zero-order valence-corrected chi connectivity index (χ0v) is 7.72. The highest BCUT2D eigenvalue weighted by Crippen LogP contribution is 2.22. The van der Waals surface area contributed by atoms with Gasteiger partial charge in [0.25, 0.3) is 0 Å². The maximum absolute atomic E-state index is 13.3. The minimum atomic E-state index is -1.21. The summed E-state index contributed by atoms with van der Waals surface area (Å²) in [4.78, 5) is 0. The summed E-state index contributed by atoms with van der Waals surface area (Å²) >= 11 is 0. The molecule has 1 heterocycles. The maximum Gasteiger partial charge on any atom is 0.170 e. The molecule has 0 aliphatic rings. The lowest BCUT2D eigenvalue weighted by atomic mass is 10.1. The van der Waals surface area contributed by atoms with Crippen molar-refractivity contribution in [2.45, 2.75) is 26.4 Å². The molecule has 0 bridgehead atoms. The number of aryl methyl sites for hydroxylation is 1. The van der Waals surface area contributed by atoms with E-state index >= 15 is 0 Å². The van der Waals surface area contributed by atoms with Gasteiger partial charge in [0.05, 0.1) is 5.69 Å². The predicted molar refractivity (Wildman–Crippen MR) is 43.1 cm³/mol. The molecule has 68 valence electrons. The van der Waals surface area contributed by atoms with E-state index in [2.05, 4.69) is 5.10 Å². The van der Waals surface area contributed by atoms with E-state index in [0.717, 1.165) is 0 Å². The summed E-state index contributed by atoms with van der Waals surface area (Å²) in [5.74, 6) is -0.426. The van der Waals surface area contributed by atoms with Crippen molar-refractivity contribution in [2.24, 2.45) is 7.05 Å². The van der Waals surface area contributed by atoms with Crippen LogP contribution in [-0.4, -0.2) is 14.9 Å².